The monoisotopic (exact) mass is 273 g/mol. The van der Waals surface area contributed by atoms with Crippen LogP contribution in [0.5, 0.6) is 0 Å². The first-order valence-electron chi connectivity index (χ1n) is 7.69. The summed E-state index contributed by atoms with van der Waals surface area (Å²) in [7, 11) is 0. The number of hydrogen-bond donors (Lipinski definition) is 2. The van der Waals surface area contributed by atoms with Crippen LogP contribution >= 0.6 is 0 Å². The molecule has 3 heteroatoms. The number of rotatable bonds is 10. The Kier molecular flexibility index (Phi) is 8.88. The maximum absolute atomic E-state index is 9.84. The third-order valence-electron chi connectivity index (χ3n) is 3.15. The maximum atomic E-state index is 9.84. The second-order valence-electron chi connectivity index (χ2n) is 7.33. The van der Waals surface area contributed by atoms with Crippen molar-refractivity contribution in [3.8, 4) is 0 Å². The molecule has 0 bridgehead atoms. The lowest BCUT2D eigenvalue weighted by Crippen LogP contribution is -2.38. The van der Waals surface area contributed by atoms with E-state index in [2.05, 4.69) is 26.1 Å². The fraction of sp³-hybridized carbons (Fsp3) is 1.00. The average molecular weight is 273 g/mol. The normalized spacial score (nSPS) is 14.7. The van der Waals surface area contributed by atoms with Crippen LogP contribution in [0, 0.1) is 5.41 Å². The predicted octanol–water partition coefficient (Wildman–Crippen LogP) is 3.36. The van der Waals surface area contributed by atoms with Crippen LogP contribution in [0.1, 0.15) is 67.2 Å². The molecule has 0 rings (SSSR count). The summed E-state index contributed by atoms with van der Waals surface area (Å²) < 4.78 is 5.56. The van der Waals surface area contributed by atoms with E-state index >= 15 is 0 Å². The summed E-state index contributed by atoms with van der Waals surface area (Å²) in [6, 6.07) is 0. The molecule has 116 valence electrons. The summed E-state index contributed by atoms with van der Waals surface area (Å²) in [5.41, 5.74) is 0.125. The number of nitrogens with one attached hydrogen (secondary N) is 1. The Labute approximate surface area is 120 Å². The van der Waals surface area contributed by atoms with E-state index in [0.29, 0.717) is 18.6 Å². The van der Waals surface area contributed by atoms with E-state index in [9.17, 15) is 5.11 Å². The number of ether oxygens (including phenoxy) is 1. The smallest absolute Gasteiger partial charge is 0.0897 e. The van der Waals surface area contributed by atoms with E-state index in [1.165, 1.54) is 25.7 Å². The molecule has 2 N–H and O–H groups in total. The molecule has 0 aliphatic carbocycles. The van der Waals surface area contributed by atoms with Crippen LogP contribution in [0.25, 0.3) is 0 Å². The van der Waals surface area contributed by atoms with E-state index in [1.54, 1.807) is 0 Å². The van der Waals surface area contributed by atoms with Gasteiger partial charge in [-0.25, -0.2) is 0 Å². The van der Waals surface area contributed by atoms with Crippen LogP contribution in [0.3, 0.4) is 0 Å². The van der Waals surface area contributed by atoms with Crippen molar-refractivity contribution in [2.24, 2.45) is 5.41 Å². The quantitative estimate of drug-likeness (QED) is 0.600. The van der Waals surface area contributed by atoms with Crippen LogP contribution < -0.4 is 5.32 Å². The molecule has 0 amide bonds. The van der Waals surface area contributed by atoms with Gasteiger partial charge in [-0.3, -0.25) is 0 Å². The molecule has 0 aromatic carbocycles. The van der Waals surface area contributed by atoms with Gasteiger partial charge in [-0.1, -0.05) is 40.0 Å². The Morgan fingerprint density at radius 1 is 1.11 bits per heavy atom. The first-order valence-corrected chi connectivity index (χ1v) is 7.69. The van der Waals surface area contributed by atoms with E-state index in [4.69, 9.17) is 4.74 Å². The molecule has 0 aliphatic rings. The number of hydrogen-bond acceptors (Lipinski definition) is 3. The standard InChI is InChI=1S/C16H35NO2/c1-7-8-9-10-16(5,6)13-17-11-14(18)12-19-15(2,3)4/h14,17-18H,7-13H2,1-6H3. The van der Waals surface area contributed by atoms with Crippen LogP contribution in [0.4, 0.5) is 0 Å². The van der Waals surface area contributed by atoms with Gasteiger partial charge in [0.2, 0.25) is 0 Å². The highest BCUT2D eigenvalue weighted by molar-refractivity contribution is 4.73. The van der Waals surface area contributed by atoms with Crippen LogP contribution in [0.2, 0.25) is 0 Å². The summed E-state index contributed by atoms with van der Waals surface area (Å²) in [6.45, 7) is 14.8. The zero-order chi connectivity index (χ0) is 14.9. The third-order valence-corrected chi connectivity index (χ3v) is 3.15. The lowest BCUT2D eigenvalue weighted by Gasteiger charge is -2.26. The van der Waals surface area contributed by atoms with E-state index in [1.807, 2.05) is 20.8 Å². The fourth-order valence-corrected chi connectivity index (χ4v) is 1.92. The molecule has 19 heavy (non-hydrogen) atoms. The molecule has 0 aromatic rings. The van der Waals surface area contributed by atoms with Crippen molar-refractivity contribution >= 4 is 0 Å². The van der Waals surface area contributed by atoms with Gasteiger partial charge in [0.25, 0.3) is 0 Å². The molecule has 0 radical (unpaired) electrons. The maximum Gasteiger partial charge on any atom is 0.0897 e. The summed E-state index contributed by atoms with van der Waals surface area (Å²) in [5, 5.41) is 13.2. The second-order valence-corrected chi connectivity index (χ2v) is 7.33. The largest absolute Gasteiger partial charge is 0.389 e. The van der Waals surface area contributed by atoms with Gasteiger partial charge in [-0.05, 0) is 32.6 Å². The molecule has 0 saturated heterocycles. The molecule has 0 fully saturated rings. The summed E-state index contributed by atoms with van der Waals surface area (Å²) in [4.78, 5) is 0. The van der Waals surface area contributed by atoms with Crippen LogP contribution in [-0.2, 0) is 4.74 Å². The zero-order valence-corrected chi connectivity index (χ0v) is 13.9. The Morgan fingerprint density at radius 3 is 2.26 bits per heavy atom. The van der Waals surface area contributed by atoms with Crippen molar-refractivity contribution in [3.63, 3.8) is 0 Å². The minimum Gasteiger partial charge on any atom is -0.389 e. The second kappa shape index (κ2) is 8.93. The highest BCUT2D eigenvalue weighted by Gasteiger charge is 2.18. The zero-order valence-electron chi connectivity index (χ0n) is 13.9. The minimum absolute atomic E-state index is 0.180. The van der Waals surface area contributed by atoms with Crippen molar-refractivity contribution in [3.05, 3.63) is 0 Å². The lowest BCUT2D eigenvalue weighted by atomic mass is 9.87. The van der Waals surface area contributed by atoms with Gasteiger partial charge < -0.3 is 15.2 Å². The summed E-state index contributed by atoms with van der Waals surface area (Å²) in [5.74, 6) is 0. The lowest BCUT2D eigenvalue weighted by molar-refractivity contribution is -0.0482. The topological polar surface area (TPSA) is 41.5 Å². The van der Waals surface area contributed by atoms with E-state index in [0.717, 1.165) is 6.54 Å². The fourth-order valence-electron chi connectivity index (χ4n) is 1.92. The van der Waals surface area contributed by atoms with Gasteiger partial charge in [0, 0.05) is 13.1 Å². The average Bonchev–Trinajstić information content (AvgIpc) is 2.25. The molecule has 1 unspecified atom stereocenters. The highest BCUT2D eigenvalue weighted by atomic mass is 16.5. The van der Waals surface area contributed by atoms with Gasteiger partial charge in [-0.2, -0.15) is 0 Å². The van der Waals surface area contributed by atoms with E-state index < -0.39 is 6.10 Å². The Bertz CT molecular complexity index is 221. The van der Waals surface area contributed by atoms with Gasteiger partial charge in [0.1, 0.15) is 0 Å². The molecule has 0 saturated carbocycles. The molecule has 0 heterocycles. The van der Waals surface area contributed by atoms with Crippen molar-refractivity contribution in [1.82, 2.24) is 5.32 Å². The van der Waals surface area contributed by atoms with Crippen molar-refractivity contribution < 1.29 is 9.84 Å². The third kappa shape index (κ3) is 12.6. The molecule has 0 aliphatic heterocycles. The Morgan fingerprint density at radius 2 is 1.74 bits per heavy atom. The Balaban J connectivity index is 3.70. The van der Waals surface area contributed by atoms with Crippen LogP contribution in [-0.4, -0.2) is 36.5 Å². The first-order chi connectivity index (χ1) is 8.66. The van der Waals surface area contributed by atoms with Crippen LogP contribution in [0.15, 0.2) is 0 Å². The molecule has 3 nitrogen and oxygen atoms in total. The number of unbranched alkanes of at least 4 members (excludes halogenated alkanes) is 2. The molecule has 0 aromatic heterocycles. The van der Waals surface area contributed by atoms with Crippen molar-refractivity contribution in [1.29, 1.82) is 0 Å². The van der Waals surface area contributed by atoms with E-state index in [-0.39, 0.29) is 5.60 Å². The Hall–Kier alpha value is -0.120. The van der Waals surface area contributed by atoms with Crippen molar-refractivity contribution in [2.75, 3.05) is 19.7 Å². The van der Waals surface area contributed by atoms with Gasteiger partial charge in [0.05, 0.1) is 18.3 Å². The molecule has 1 atom stereocenters. The SMILES string of the molecule is CCCCCC(C)(C)CNCC(O)COC(C)(C)C. The van der Waals surface area contributed by atoms with Gasteiger partial charge in [-0.15, -0.1) is 0 Å². The summed E-state index contributed by atoms with van der Waals surface area (Å²) >= 11 is 0. The van der Waals surface area contributed by atoms with Gasteiger partial charge >= 0.3 is 0 Å². The van der Waals surface area contributed by atoms with Gasteiger partial charge in [0.15, 0.2) is 0 Å². The van der Waals surface area contributed by atoms with Crippen molar-refractivity contribution in [2.45, 2.75) is 78.9 Å². The molecular formula is C16H35NO2. The first kappa shape index (κ1) is 18.9. The highest BCUT2D eigenvalue weighted by Crippen LogP contribution is 2.22. The molecule has 0 spiro atoms. The number of aliphatic hydroxyl groups excluding tert-OH is 1. The minimum atomic E-state index is -0.425. The molecular weight excluding hydrogens is 238 g/mol. The summed E-state index contributed by atoms with van der Waals surface area (Å²) in [6.07, 6.45) is 4.69. The predicted molar refractivity (Wildman–Crippen MR) is 82.5 cm³/mol. The number of aliphatic hydroxyl groups is 1.